The lowest BCUT2D eigenvalue weighted by atomic mass is 9.96. The summed E-state index contributed by atoms with van der Waals surface area (Å²) in [6.45, 7) is 7.56. The molecule has 0 radical (unpaired) electrons. The molecule has 1 atom stereocenters. The van der Waals surface area contributed by atoms with Gasteiger partial charge in [-0.25, -0.2) is 14.8 Å². The Morgan fingerprint density at radius 1 is 0.978 bits per heavy atom. The zero-order valence-electron chi connectivity index (χ0n) is 25.1. The molecule has 228 valence electrons. The second-order valence-corrected chi connectivity index (χ2v) is 11.6. The van der Waals surface area contributed by atoms with E-state index < -0.39 is 29.5 Å². The molecule has 1 aliphatic rings. The molecular weight excluding hydrogens is 592 g/mol. The summed E-state index contributed by atoms with van der Waals surface area (Å²) in [7, 11) is 0. The number of carbonyl (C=O) groups is 3. The molecule has 10 nitrogen and oxygen atoms in total. The molecule has 1 amide bonds. The van der Waals surface area contributed by atoms with Gasteiger partial charge in [0.15, 0.2) is 10.9 Å². The first-order valence-corrected chi connectivity index (χ1v) is 15.2. The zero-order chi connectivity index (χ0) is 31.8. The van der Waals surface area contributed by atoms with Crippen LogP contribution in [0.4, 0.5) is 5.13 Å². The van der Waals surface area contributed by atoms with Gasteiger partial charge in [-0.2, -0.15) is 0 Å². The number of thiazole rings is 1. The van der Waals surface area contributed by atoms with Crippen LogP contribution in [0, 0.1) is 20.8 Å². The smallest absolute Gasteiger partial charge is 0.350 e. The molecule has 45 heavy (non-hydrogen) atoms. The van der Waals surface area contributed by atoms with Gasteiger partial charge < -0.3 is 19.0 Å². The second kappa shape index (κ2) is 12.0. The lowest BCUT2D eigenvalue weighted by Gasteiger charge is -2.23. The van der Waals surface area contributed by atoms with Crippen molar-refractivity contribution in [2.24, 2.45) is 0 Å². The Bertz CT molecular complexity index is 1980. The molecule has 1 unspecified atom stereocenters. The number of aliphatic hydroxyl groups is 1. The van der Waals surface area contributed by atoms with Crippen molar-refractivity contribution in [1.82, 2.24) is 14.4 Å². The molecule has 1 saturated heterocycles. The summed E-state index contributed by atoms with van der Waals surface area (Å²) in [6, 6.07) is 19.4. The number of ketones is 1. The number of Topliss-reactive ketones (excluding diaryl/α,β-unsaturated/α-hetero) is 1. The SMILES string of the molecule is CCOC(=O)c1sc(N2C(=O)C(=O)/C(=C(/O)c3nc4c(C)cccn4c3C)C2c2ccc(OCc3ccccc3)cc2)nc1C. The third-order valence-electron chi connectivity index (χ3n) is 7.65. The number of amides is 1. The number of ether oxygens (including phenoxy) is 2. The van der Waals surface area contributed by atoms with E-state index in [9.17, 15) is 19.5 Å². The average molecular weight is 623 g/mol. The quantitative estimate of drug-likeness (QED) is 0.0954. The molecular formula is C34H30N4O6S. The third-order valence-corrected chi connectivity index (χ3v) is 8.79. The first-order chi connectivity index (χ1) is 21.7. The fourth-order valence-corrected chi connectivity index (χ4v) is 6.37. The van der Waals surface area contributed by atoms with Crippen molar-refractivity contribution in [2.45, 2.75) is 40.3 Å². The Morgan fingerprint density at radius 3 is 2.40 bits per heavy atom. The number of pyridine rings is 1. The van der Waals surface area contributed by atoms with Gasteiger partial charge in [-0.05, 0) is 62.6 Å². The number of imidazole rings is 1. The predicted octanol–water partition coefficient (Wildman–Crippen LogP) is 6.10. The van der Waals surface area contributed by atoms with Crippen molar-refractivity contribution in [2.75, 3.05) is 11.5 Å². The van der Waals surface area contributed by atoms with Crippen LogP contribution in [-0.4, -0.2) is 43.7 Å². The maximum Gasteiger partial charge on any atom is 0.350 e. The topological polar surface area (TPSA) is 123 Å². The van der Waals surface area contributed by atoms with Gasteiger partial charge in [0.25, 0.3) is 5.78 Å². The molecule has 6 rings (SSSR count). The number of aromatic nitrogens is 3. The molecule has 1 N–H and O–H groups in total. The van der Waals surface area contributed by atoms with E-state index in [0.29, 0.717) is 35.0 Å². The van der Waals surface area contributed by atoms with E-state index >= 15 is 0 Å². The number of fused-ring (bicyclic) bond motifs is 1. The first kappa shape index (κ1) is 29.8. The van der Waals surface area contributed by atoms with E-state index in [1.54, 1.807) is 45.0 Å². The van der Waals surface area contributed by atoms with E-state index in [-0.39, 0.29) is 27.9 Å². The normalized spacial score (nSPS) is 16.0. The molecule has 4 heterocycles. The minimum atomic E-state index is -1.06. The Hall–Kier alpha value is -5.29. The number of benzene rings is 2. The van der Waals surface area contributed by atoms with Crippen LogP contribution in [0.1, 0.15) is 56.4 Å². The van der Waals surface area contributed by atoms with Crippen LogP contribution in [0.3, 0.4) is 0 Å². The number of aryl methyl sites for hydroxylation is 3. The molecule has 3 aromatic heterocycles. The van der Waals surface area contributed by atoms with Crippen molar-refractivity contribution in [3.63, 3.8) is 0 Å². The van der Waals surface area contributed by atoms with Crippen molar-refractivity contribution in [1.29, 1.82) is 0 Å². The number of nitrogens with zero attached hydrogens (tertiary/aromatic N) is 4. The number of esters is 1. The van der Waals surface area contributed by atoms with E-state index in [1.165, 1.54) is 4.90 Å². The Kier molecular flexibility index (Phi) is 7.94. The highest BCUT2D eigenvalue weighted by atomic mass is 32.1. The highest BCUT2D eigenvalue weighted by Gasteiger charge is 2.49. The van der Waals surface area contributed by atoms with E-state index in [4.69, 9.17) is 9.47 Å². The zero-order valence-corrected chi connectivity index (χ0v) is 25.9. The van der Waals surface area contributed by atoms with Crippen LogP contribution in [0.25, 0.3) is 11.4 Å². The fourth-order valence-electron chi connectivity index (χ4n) is 5.38. The summed E-state index contributed by atoms with van der Waals surface area (Å²) < 4.78 is 12.9. The number of rotatable bonds is 8. The summed E-state index contributed by atoms with van der Waals surface area (Å²) >= 11 is 0.955. The standard InChI is InChI=1S/C34H30N4O6S/c1-5-43-33(42)30-20(3)35-34(45-30)38-27(23-13-15-24(16-14-23)44-18-22-11-7-6-8-12-22)25(29(40)32(38)41)28(39)26-21(4)37-17-9-10-19(2)31(37)36-26/h6-17,27,39H,5,18H2,1-4H3/b28-25+. The van der Waals surface area contributed by atoms with Crippen molar-refractivity contribution in [3.05, 3.63) is 117 Å². The summed E-state index contributed by atoms with van der Waals surface area (Å²) in [4.78, 5) is 50.7. The molecule has 0 saturated carbocycles. The summed E-state index contributed by atoms with van der Waals surface area (Å²) in [5, 5.41) is 11.9. The van der Waals surface area contributed by atoms with Gasteiger partial charge in [-0.3, -0.25) is 14.5 Å². The fraction of sp³-hybridized carbons (Fsp3) is 0.206. The number of anilines is 1. The molecule has 0 aliphatic carbocycles. The molecule has 0 bridgehead atoms. The highest BCUT2D eigenvalue weighted by Crippen LogP contribution is 2.44. The number of hydrogen-bond acceptors (Lipinski definition) is 9. The maximum atomic E-state index is 13.8. The van der Waals surface area contributed by atoms with Gasteiger partial charge in [-0.15, -0.1) is 0 Å². The van der Waals surface area contributed by atoms with E-state index in [1.807, 2.05) is 60.0 Å². The van der Waals surface area contributed by atoms with Gasteiger partial charge >= 0.3 is 11.9 Å². The van der Waals surface area contributed by atoms with Gasteiger partial charge in [0, 0.05) is 6.20 Å². The molecule has 1 fully saturated rings. The Balaban J connectivity index is 1.46. The van der Waals surface area contributed by atoms with Gasteiger partial charge in [-0.1, -0.05) is 59.9 Å². The molecule has 2 aromatic carbocycles. The Labute approximate surface area is 263 Å². The molecule has 11 heteroatoms. The van der Waals surface area contributed by atoms with E-state index in [2.05, 4.69) is 9.97 Å². The van der Waals surface area contributed by atoms with E-state index in [0.717, 1.165) is 22.5 Å². The van der Waals surface area contributed by atoms with Crippen LogP contribution in [0.5, 0.6) is 5.75 Å². The first-order valence-electron chi connectivity index (χ1n) is 14.4. The van der Waals surface area contributed by atoms with Gasteiger partial charge in [0.1, 0.15) is 28.6 Å². The third kappa shape index (κ3) is 5.35. The second-order valence-electron chi connectivity index (χ2n) is 10.6. The predicted molar refractivity (Wildman–Crippen MR) is 169 cm³/mol. The van der Waals surface area contributed by atoms with Crippen molar-refractivity contribution < 1.29 is 29.0 Å². The van der Waals surface area contributed by atoms with Gasteiger partial charge in [0.2, 0.25) is 0 Å². The maximum absolute atomic E-state index is 13.8. The lowest BCUT2D eigenvalue weighted by molar-refractivity contribution is -0.132. The van der Waals surface area contributed by atoms with Crippen molar-refractivity contribution in [3.8, 4) is 5.75 Å². The summed E-state index contributed by atoms with van der Waals surface area (Å²) in [5.74, 6) is -2.15. The molecule has 1 aliphatic heterocycles. The van der Waals surface area contributed by atoms with Crippen molar-refractivity contribution >= 4 is 45.5 Å². The number of aliphatic hydroxyl groups excluding tert-OH is 1. The monoisotopic (exact) mass is 622 g/mol. The number of carbonyl (C=O) groups excluding carboxylic acids is 3. The Morgan fingerprint density at radius 2 is 1.71 bits per heavy atom. The minimum Gasteiger partial charge on any atom is -0.505 e. The largest absolute Gasteiger partial charge is 0.505 e. The molecule has 0 spiro atoms. The van der Waals surface area contributed by atoms with Crippen LogP contribution >= 0.6 is 11.3 Å². The minimum absolute atomic E-state index is 0.132. The number of hydrogen-bond donors (Lipinski definition) is 1. The molecule has 5 aromatic rings. The lowest BCUT2D eigenvalue weighted by Crippen LogP contribution is -2.29. The average Bonchev–Trinajstić information content (AvgIpc) is 3.68. The summed E-state index contributed by atoms with van der Waals surface area (Å²) in [5.41, 5.74) is 4.08. The summed E-state index contributed by atoms with van der Waals surface area (Å²) in [6.07, 6.45) is 1.82. The van der Waals surface area contributed by atoms with Crippen LogP contribution < -0.4 is 9.64 Å². The van der Waals surface area contributed by atoms with Crippen LogP contribution in [0.2, 0.25) is 0 Å². The van der Waals surface area contributed by atoms with Crippen LogP contribution in [0.15, 0.2) is 78.5 Å². The highest BCUT2D eigenvalue weighted by molar-refractivity contribution is 7.17. The van der Waals surface area contributed by atoms with Crippen LogP contribution in [-0.2, 0) is 20.9 Å². The van der Waals surface area contributed by atoms with Gasteiger partial charge in [0.05, 0.1) is 29.6 Å².